The molecule has 0 aliphatic heterocycles. The van der Waals surface area contributed by atoms with Gasteiger partial charge in [0.15, 0.2) is 5.11 Å². The number of hydrogen-bond donors (Lipinski definition) is 3. The number of rotatable bonds is 11. The zero-order valence-corrected chi connectivity index (χ0v) is 17.6. The highest BCUT2D eigenvalue weighted by atomic mass is 32.2. The standard InChI is InChI=1S/C21H27FN2O2S2/c1-4-13-21(26,14-5-2)18(12-15-28-3)23-20(27)24-19(25)11-8-16-6-9-17(22)10-7-16/h4-11,18,26H,1-2,12-15H2,3H3,(H2,23,24,25,27). The summed E-state index contributed by atoms with van der Waals surface area (Å²) in [5, 5.41) is 16.8. The average Bonchev–Trinajstić information content (AvgIpc) is 2.65. The van der Waals surface area contributed by atoms with Crippen molar-refractivity contribution in [1.82, 2.24) is 10.6 Å². The quantitative estimate of drug-likeness (QED) is 0.287. The van der Waals surface area contributed by atoms with Crippen LogP contribution in [-0.2, 0) is 4.79 Å². The number of nitrogens with one attached hydrogen (secondary N) is 2. The topological polar surface area (TPSA) is 61.4 Å². The Kier molecular flexibility index (Phi) is 10.7. The second-order valence-corrected chi connectivity index (χ2v) is 7.66. The van der Waals surface area contributed by atoms with Crippen LogP contribution in [0.15, 0.2) is 55.7 Å². The summed E-state index contributed by atoms with van der Waals surface area (Å²) in [7, 11) is 0. The average molecular weight is 423 g/mol. The SMILES string of the molecule is C=CCC(O)(CC=C)C(CCSC)NC(=S)NC(=O)C=Cc1ccc(F)cc1. The molecule has 1 aromatic rings. The number of halogens is 1. The molecule has 0 spiro atoms. The highest BCUT2D eigenvalue weighted by Crippen LogP contribution is 2.24. The van der Waals surface area contributed by atoms with Gasteiger partial charge in [-0.15, -0.1) is 13.2 Å². The van der Waals surface area contributed by atoms with E-state index < -0.39 is 11.5 Å². The van der Waals surface area contributed by atoms with Crippen LogP contribution in [0.1, 0.15) is 24.8 Å². The lowest BCUT2D eigenvalue weighted by Gasteiger charge is -2.36. The van der Waals surface area contributed by atoms with Crippen molar-refractivity contribution in [2.24, 2.45) is 0 Å². The van der Waals surface area contributed by atoms with Crippen LogP contribution >= 0.6 is 24.0 Å². The van der Waals surface area contributed by atoms with Crippen LogP contribution < -0.4 is 10.6 Å². The van der Waals surface area contributed by atoms with E-state index in [0.29, 0.717) is 24.8 Å². The summed E-state index contributed by atoms with van der Waals surface area (Å²) < 4.78 is 12.9. The highest BCUT2D eigenvalue weighted by Gasteiger charge is 2.34. The molecule has 7 heteroatoms. The van der Waals surface area contributed by atoms with E-state index in [0.717, 1.165) is 5.75 Å². The van der Waals surface area contributed by atoms with E-state index in [4.69, 9.17) is 12.2 Å². The van der Waals surface area contributed by atoms with E-state index in [1.165, 1.54) is 18.2 Å². The lowest BCUT2D eigenvalue weighted by atomic mass is 9.85. The summed E-state index contributed by atoms with van der Waals surface area (Å²) in [5.41, 5.74) is -0.405. The number of carbonyl (C=O) groups excluding carboxylic acids is 1. The third-order valence-corrected chi connectivity index (χ3v) is 4.96. The van der Waals surface area contributed by atoms with Crippen LogP contribution in [0, 0.1) is 5.82 Å². The fraction of sp³-hybridized carbons (Fsp3) is 0.333. The van der Waals surface area contributed by atoms with E-state index in [2.05, 4.69) is 23.8 Å². The van der Waals surface area contributed by atoms with Gasteiger partial charge in [-0.1, -0.05) is 24.3 Å². The number of carbonyl (C=O) groups is 1. The molecule has 0 radical (unpaired) electrons. The Hall–Kier alpha value is -1.96. The largest absolute Gasteiger partial charge is 0.387 e. The summed E-state index contributed by atoms with van der Waals surface area (Å²) >= 11 is 6.90. The van der Waals surface area contributed by atoms with Gasteiger partial charge in [0, 0.05) is 6.08 Å². The molecule has 0 bridgehead atoms. The molecular formula is C21H27FN2O2S2. The number of aliphatic hydroxyl groups is 1. The zero-order chi connectivity index (χ0) is 21.0. The summed E-state index contributed by atoms with van der Waals surface area (Å²) in [6, 6.07) is 5.41. The van der Waals surface area contributed by atoms with Crippen molar-refractivity contribution in [3.8, 4) is 0 Å². The lowest BCUT2D eigenvalue weighted by Crippen LogP contribution is -2.55. The smallest absolute Gasteiger partial charge is 0.250 e. The van der Waals surface area contributed by atoms with Crippen molar-refractivity contribution in [3.05, 3.63) is 67.0 Å². The molecule has 4 nitrogen and oxygen atoms in total. The number of thiocarbonyl (C=S) groups is 1. The lowest BCUT2D eigenvalue weighted by molar-refractivity contribution is -0.115. The molecule has 0 aromatic heterocycles. The maximum Gasteiger partial charge on any atom is 0.250 e. The van der Waals surface area contributed by atoms with Gasteiger partial charge < -0.3 is 10.4 Å². The van der Waals surface area contributed by atoms with Gasteiger partial charge in [-0.05, 0) is 67.3 Å². The molecule has 0 saturated carbocycles. The van der Waals surface area contributed by atoms with Gasteiger partial charge >= 0.3 is 0 Å². The molecule has 0 fully saturated rings. The normalized spacial score (nSPS) is 12.4. The minimum Gasteiger partial charge on any atom is -0.387 e. The van der Waals surface area contributed by atoms with Crippen LogP contribution in [0.5, 0.6) is 0 Å². The maximum absolute atomic E-state index is 12.9. The molecule has 1 atom stereocenters. The Labute approximate surface area is 176 Å². The second kappa shape index (κ2) is 12.5. The molecule has 1 rings (SSSR count). The monoisotopic (exact) mass is 422 g/mol. The predicted octanol–water partition coefficient (Wildman–Crippen LogP) is 3.83. The van der Waals surface area contributed by atoms with Gasteiger partial charge in [0.25, 0.3) is 0 Å². The number of thioether (sulfide) groups is 1. The van der Waals surface area contributed by atoms with Crippen LogP contribution in [0.2, 0.25) is 0 Å². The van der Waals surface area contributed by atoms with Crippen LogP contribution in [0.3, 0.4) is 0 Å². The first-order chi connectivity index (χ1) is 13.3. The summed E-state index contributed by atoms with van der Waals surface area (Å²) in [6.07, 6.45) is 9.57. The fourth-order valence-electron chi connectivity index (χ4n) is 2.67. The summed E-state index contributed by atoms with van der Waals surface area (Å²) in [5.74, 6) is 0.0613. The molecule has 1 unspecified atom stereocenters. The molecular weight excluding hydrogens is 395 g/mol. The Morgan fingerprint density at radius 3 is 2.46 bits per heavy atom. The maximum atomic E-state index is 12.9. The molecule has 0 heterocycles. The van der Waals surface area contributed by atoms with Gasteiger partial charge in [0.1, 0.15) is 5.82 Å². The van der Waals surface area contributed by atoms with Crippen LogP contribution in [-0.4, -0.2) is 39.8 Å². The van der Waals surface area contributed by atoms with E-state index in [-0.39, 0.29) is 17.0 Å². The molecule has 28 heavy (non-hydrogen) atoms. The third-order valence-electron chi connectivity index (χ3n) is 4.09. The Morgan fingerprint density at radius 1 is 1.32 bits per heavy atom. The molecule has 1 amide bonds. The predicted molar refractivity (Wildman–Crippen MR) is 121 cm³/mol. The van der Waals surface area contributed by atoms with E-state index in [9.17, 15) is 14.3 Å². The molecule has 152 valence electrons. The van der Waals surface area contributed by atoms with Crippen molar-refractivity contribution < 1.29 is 14.3 Å². The minimum absolute atomic E-state index is 0.131. The molecule has 0 saturated heterocycles. The molecule has 1 aromatic carbocycles. The molecule has 0 aliphatic rings. The minimum atomic E-state index is -1.10. The first kappa shape index (κ1) is 24.1. The number of amides is 1. The van der Waals surface area contributed by atoms with Gasteiger partial charge in [0.05, 0.1) is 11.6 Å². The van der Waals surface area contributed by atoms with Gasteiger partial charge in [-0.25, -0.2) is 4.39 Å². The Morgan fingerprint density at radius 2 is 1.93 bits per heavy atom. The van der Waals surface area contributed by atoms with Crippen molar-refractivity contribution in [1.29, 1.82) is 0 Å². The van der Waals surface area contributed by atoms with Gasteiger partial charge in [0.2, 0.25) is 5.91 Å². The Bertz CT molecular complexity index is 695. The number of hydrogen-bond acceptors (Lipinski definition) is 4. The van der Waals surface area contributed by atoms with Gasteiger partial charge in [-0.2, -0.15) is 11.8 Å². The highest BCUT2D eigenvalue weighted by molar-refractivity contribution is 7.98. The Balaban J connectivity index is 2.75. The van der Waals surface area contributed by atoms with Gasteiger partial charge in [-0.3, -0.25) is 10.1 Å². The van der Waals surface area contributed by atoms with Crippen molar-refractivity contribution in [2.75, 3.05) is 12.0 Å². The van der Waals surface area contributed by atoms with E-state index in [1.807, 2.05) is 6.26 Å². The second-order valence-electron chi connectivity index (χ2n) is 6.27. The fourth-order valence-corrected chi connectivity index (χ4v) is 3.39. The van der Waals surface area contributed by atoms with Crippen molar-refractivity contribution in [2.45, 2.75) is 30.9 Å². The third kappa shape index (κ3) is 8.37. The summed E-state index contributed by atoms with van der Waals surface area (Å²) in [4.78, 5) is 12.1. The van der Waals surface area contributed by atoms with Crippen molar-refractivity contribution >= 4 is 41.1 Å². The van der Waals surface area contributed by atoms with E-state index in [1.54, 1.807) is 42.1 Å². The van der Waals surface area contributed by atoms with Crippen LogP contribution in [0.25, 0.3) is 6.08 Å². The van der Waals surface area contributed by atoms with E-state index >= 15 is 0 Å². The van der Waals surface area contributed by atoms with Crippen LogP contribution in [0.4, 0.5) is 4.39 Å². The molecule has 0 aliphatic carbocycles. The first-order valence-electron chi connectivity index (χ1n) is 8.83. The zero-order valence-electron chi connectivity index (χ0n) is 16.0. The summed E-state index contributed by atoms with van der Waals surface area (Å²) in [6.45, 7) is 7.43. The van der Waals surface area contributed by atoms with Crippen molar-refractivity contribution in [3.63, 3.8) is 0 Å². The number of benzene rings is 1. The molecule has 3 N–H and O–H groups in total. The first-order valence-corrected chi connectivity index (χ1v) is 10.6.